The van der Waals surface area contributed by atoms with Crippen LogP contribution in [0.2, 0.25) is 0 Å². The van der Waals surface area contributed by atoms with Crippen LogP contribution in [0.4, 0.5) is 0 Å². The molecule has 7 nitrogen and oxygen atoms in total. The van der Waals surface area contributed by atoms with Gasteiger partial charge in [0, 0.05) is 13.1 Å². The molecule has 0 bridgehead atoms. The number of hydrogen-bond acceptors (Lipinski definition) is 4. The number of aryl methyl sites for hydroxylation is 3. The van der Waals surface area contributed by atoms with Crippen molar-refractivity contribution in [3.63, 3.8) is 0 Å². The summed E-state index contributed by atoms with van der Waals surface area (Å²) >= 11 is 4.58. The standard InChI is InChI=1S/C14H16I2N7/c1-4-22-13(15)11(17-19-22)9-6-10(8-21(3)7-9)12-14(16)23(5-2)20-18-12/h6-8H,4-5H2,1-3H3/q+1. The summed E-state index contributed by atoms with van der Waals surface area (Å²) in [7, 11) is 2.00. The van der Waals surface area contributed by atoms with Gasteiger partial charge in [0.2, 0.25) is 0 Å². The molecule has 0 fully saturated rings. The summed E-state index contributed by atoms with van der Waals surface area (Å²) in [4.78, 5) is 0. The summed E-state index contributed by atoms with van der Waals surface area (Å²) in [5.41, 5.74) is 3.83. The highest BCUT2D eigenvalue weighted by Gasteiger charge is 2.19. The Kier molecular flexibility index (Phi) is 4.94. The molecule has 0 saturated heterocycles. The smallest absolute Gasteiger partial charge is 0.178 e. The van der Waals surface area contributed by atoms with Gasteiger partial charge in [0.25, 0.3) is 0 Å². The first-order chi connectivity index (χ1) is 11.0. The van der Waals surface area contributed by atoms with Gasteiger partial charge in [-0.05, 0) is 65.1 Å². The second-order valence-corrected chi connectivity index (χ2v) is 7.11. The van der Waals surface area contributed by atoms with Crippen LogP contribution in [-0.2, 0) is 20.1 Å². The molecule has 9 heteroatoms. The molecule has 0 aliphatic carbocycles. The Bertz CT molecular complexity index is 786. The Morgan fingerprint density at radius 3 is 1.70 bits per heavy atom. The maximum absolute atomic E-state index is 4.33. The van der Waals surface area contributed by atoms with E-state index in [0.717, 1.165) is 43.0 Å². The van der Waals surface area contributed by atoms with Gasteiger partial charge in [-0.1, -0.05) is 10.4 Å². The molecule has 0 unspecified atom stereocenters. The number of halogens is 2. The van der Waals surface area contributed by atoms with E-state index in [9.17, 15) is 0 Å². The zero-order valence-corrected chi connectivity index (χ0v) is 17.3. The van der Waals surface area contributed by atoms with Crippen LogP contribution >= 0.6 is 45.2 Å². The fourth-order valence-electron chi connectivity index (χ4n) is 2.34. The minimum atomic E-state index is 0.805. The van der Waals surface area contributed by atoms with Crippen LogP contribution in [0.25, 0.3) is 22.5 Å². The van der Waals surface area contributed by atoms with Gasteiger partial charge in [-0.3, -0.25) is 0 Å². The van der Waals surface area contributed by atoms with E-state index >= 15 is 0 Å². The van der Waals surface area contributed by atoms with E-state index in [0.29, 0.717) is 0 Å². The number of pyridine rings is 1. The number of hydrogen-bond donors (Lipinski definition) is 0. The van der Waals surface area contributed by atoms with E-state index in [4.69, 9.17) is 0 Å². The summed E-state index contributed by atoms with van der Waals surface area (Å²) < 4.78 is 7.87. The Morgan fingerprint density at radius 1 is 0.913 bits per heavy atom. The van der Waals surface area contributed by atoms with E-state index in [2.05, 4.69) is 85.7 Å². The van der Waals surface area contributed by atoms with Crippen molar-refractivity contribution in [3.05, 3.63) is 25.9 Å². The van der Waals surface area contributed by atoms with E-state index in [1.54, 1.807) is 0 Å². The highest BCUT2D eigenvalue weighted by atomic mass is 127. The van der Waals surface area contributed by atoms with Crippen molar-refractivity contribution in [2.24, 2.45) is 7.05 Å². The van der Waals surface area contributed by atoms with Crippen LogP contribution in [0.1, 0.15) is 13.8 Å². The van der Waals surface area contributed by atoms with Crippen molar-refractivity contribution in [3.8, 4) is 22.5 Å². The molecule has 0 spiro atoms. The molecule has 120 valence electrons. The van der Waals surface area contributed by atoms with Gasteiger partial charge in [0.15, 0.2) is 12.4 Å². The number of rotatable bonds is 4. The third-order valence-electron chi connectivity index (χ3n) is 3.49. The molecule has 0 aliphatic rings. The lowest BCUT2D eigenvalue weighted by molar-refractivity contribution is -0.670. The monoisotopic (exact) mass is 536 g/mol. The molecule has 0 aromatic carbocycles. The highest BCUT2D eigenvalue weighted by molar-refractivity contribution is 14.1. The zero-order chi connectivity index (χ0) is 16.6. The van der Waals surface area contributed by atoms with Gasteiger partial charge in [-0.15, -0.1) is 10.2 Å². The minimum Gasteiger partial charge on any atom is -0.239 e. The van der Waals surface area contributed by atoms with Gasteiger partial charge < -0.3 is 0 Å². The summed E-state index contributed by atoms with van der Waals surface area (Å²) in [6.45, 7) is 5.73. The van der Waals surface area contributed by atoms with Crippen molar-refractivity contribution in [2.45, 2.75) is 26.9 Å². The Labute approximate surface area is 161 Å². The second-order valence-electron chi connectivity index (χ2n) is 5.07. The Balaban J connectivity index is 2.12. The van der Waals surface area contributed by atoms with Gasteiger partial charge in [0.05, 0.1) is 11.1 Å². The maximum Gasteiger partial charge on any atom is 0.178 e. The third-order valence-corrected chi connectivity index (χ3v) is 5.63. The first-order valence-electron chi connectivity index (χ1n) is 7.24. The second kappa shape index (κ2) is 6.79. The molecule has 0 aliphatic heterocycles. The number of aromatic nitrogens is 7. The topological polar surface area (TPSA) is 65.3 Å². The first-order valence-corrected chi connectivity index (χ1v) is 9.39. The molecule has 0 saturated carbocycles. The molecule has 3 rings (SSSR count). The lowest BCUT2D eigenvalue weighted by Gasteiger charge is -2.02. The van der Waals surface area contributed by atoms with Crippen molar-refractivity contribution < 1.29 is 4.57 Å². The molecule has 3 aromatic rings. The molecule has 3 aromatic heterocycles. The van der Waals surface area contributed by atoms with Crippen LogP contribution in [0.5, 0.6) is 0 Å². The van der Waals surface area contributed by atoms with E-state index < -0.39 is 0 Å². The lowest BCUT2D eigenvalue weighted by atomic mass is 10.1. The summed E-state index contributed by atoms with van der Waals surface area (Å²) in [6, 6.07) is 2.10. The van der Waals surface area contributed by atoms with Gasteiger partial charge in [-0.25, -0.2) is 13.9 Å². The van der Waals surface area contributed by atoms with E-state index in [1.807, 2.05) is 33.4 Å². The third kappa shape index (κ3) is 3.12. The molecule has 0 atom stereocenters. The quantitative estimate of drug-likeness (QED) is 0.380. The van der Waals surface area contributed by atoms with Crippen LogP contribution in [0.3, 0.4) is 0 Å². The summed E-state index contributed by atoms with van der Waals surface area (Å²) in [5.74, 6) is 0. The van der Waals surface area contributed by atoms with Crippen molar-refractivity contribution in [2.75, 3.05) is 0 Å². The average Bonchev–Trinajstić information content (AvgIpc) is 3.09. The first kappa shape index (κ1) is 16.7. The number of nitrogens with zero attached hydrogens (tertiary/aromatic N) is 7. The van der Waals surface area contributed by atoms with E-state index in [1.165, 1.54) is 0 Å². The molecule has 0 N–H and O–H groups in total. The molecular weight excluding hydrogens is 520 g/mol. The van der Waals surface area contributed by atoms with Crippen LogP contribution in [-0.4, -0.2) is 30.0 Å². The van der Waals surface area contributed by atoms with Crippen molar-refractivity contribution in [1.29, 1.82) is 0 Å². The predicted octanol–water partition coefficient (Wildman–Crippen LogP) is 2.28. The van der Waals surface area contributed by atoms with Crippen LogP contribution < -0.4 is 4.57 Å². The summed E-state index contributed by atoms with van der Waals surface area (Å²) in [5, 5.41) is 17.0. The highest BCUT2D eigenvalue weighted by Crippen LogP contribution is 2.27. The molecule has 0 radical (unpaired) electrons. The Hall–Kier alpha value is -1.11. The summed E-state index contributed by atoms with van der Waals surface area (Å²) in [6.07, 6.45) is 4.10. The molecular formula is C14H16I2N7+. The predicted molar refractivity (Wildman–Crippen MR) is 102 cm³/mol. The molecule has 23 heavy (non-hydrogen) atoms. The van der Waals surface area contributed by atoms with Crippen LogP contribution in [0.15, 0.2) is 18.5 Å². The van der Waals surface area contributed by atoms with E-state index in [-0.39, 0.29) is 0 Å². The normalized spacial score (nSPS) is 11.2. The van der Waals surface area contributed by atoms with Crippen molar-refractivity contribution >= 4 is 45.2 Å². The van der Waals surface area contributed by atoms with Gasteiger partial charge >= 0.3 is 0 Å². The SMILES string of the molecule is CCn1nnc(-c2cc(-c3nnn(CC)c3I)c[n+](C)c2)c1I. The minimum absolute atomic E-state index is 0.805. The average molecular weight is 536 g/mol. The lowest BCUT2D eigenvalue weighted by Crippen LogP contribution is -2.27. The molecule has 3 heterocycles. The maximum atomic E-state index is 4.33. The zero-order valence-electron chi connectivity index (χ0n) is 13.0. The fourth-order valence-corrected chi connectivity index (χ4v) is 4.05. The fraction of sp³-hybridized carbons (Fsp3) is 0.357. The van der Waals surface area contributed by atoms with Gasteiger partial charge in [0.1, 0.15) is 25.8 Å². The van der Waals surface area contributed by atoms with Crippen molar-refractivity contribution in [1.82, 2.24) is 30.0 Å². The van der Waals surface area contributed by atoms with Gasteiger partial charge in [-0.2, -0.15) is 0 Å². The molecule has 0 amide bonds. The van der Waals surface area contributed by atoms with Crippen LogP contribution in [0, 0.1) is 7.40 Å². The largest absolute Gasteiger partial charge is 0.239 e. The Morgan fingerprint density at radius 2 is 1.35 bits per heavy atom.